The highest BCUT2D eigenvalue weighted by Crippen LogP contribution is 2.17. The van der Waals surface area contributed by atoms with E-state index in [-0.39, 0.29) is 18.3 Å². The number of carbonyl (C=O) groups is 2. The van der Waals surface area contributed by atoms with Crippen LogP contribution >= 0.6 is 0 Å². The SMILES string of the molecule is Cc1ccccc1NC(=O)C(C)OC(=O)CCc1c(C)nn(CC(C)C)c1C. The topological polar surface area (TPSA) is 73.2 Å². The maximum atomic E-state index is 12.3. The third kappa shape index (κ3) is 5.68. The standard InChI is InChI=1S/C22H31N3O3/c1-14(2)13-25-17(5)19(16(4)24-25)11-12-21(26)28-18(6)22(27)23-20-10-8-7-9-15(20)3/h7-10,14,18H,11-13H2,1-6H3,(H,23,27). The van der Waals surface area contributed by atoms with Gasteiger partial charge in [-0.2, -0.15) is 5.10 Å². The number of rotatable bonds is 8. The largest absolute Gasteiger partial charge is 0.453 e. The smallest absolute Gasteiger partial charge is 0.306 e. The van der Waals surface area contributed by atoms with E-state index in [2.05, 4.69) is 24.3 Å². The van der Waals surface area contributed by atoms with Crippen molar-refractivity contribution < 1.29 is 14.3 Å². The second-order valence-corrected chi connectivity index (χ2v) is 7.66. The number of ether oxygens (including phenoxy) is 1. The summed E-state index contributed by atoms with van der Waals surface area (Å²) in [5, 5.41) is 7.37. The second kappa shape index (κ2) is 9.53. The molecule has 1 aromatic carbocycles. The number of nitrogens with zero attached hydrogens (tertiary/aromatic N) is 2. The van der Waals surface area contributed by atoms with Gasteiger partial charge in [0.15, 0.2) is 6.10 Å². The minimum absolute atomic E-state index is 0.219. The quantitative estimate of drug-likeness (QED) is 0.698. The molecular weight excluding hydrogens is 354 g/mol. The molecule has 2 aromatic rings. The fourth-order valence-corrected chi connectivity index (χ4v) is 3.10. The predicted octanol–water partition coefficient (Wildman–Crippen LogP) is 3.97. The van der Waals surface area contributed by atoms with Gasteiger partial charge in [-0.25, -0.2) is 0 Å². The van der Waals surface area contributed by atoms with Crippen molar-refractivity contribution in [1.29, 1.82) is 0 Å². The van der Waals surface area contributed by atoms with E-state index in [1.165, 1.54) is 0 Å². The average molecular weight is 386 g/mol. The molecule has 1 unspecified atom stereocenters. The minimum Gasteiger partial charge on any atom is -0.453 e. The summed E-state index contributed by atoms with van der Waals surface area (Å²) in [6.45, 7) is 12.6. The van der Waals surface area contributed by atoms with Gasteiger partial charge in [0.05, 0.1) is 5.69 Å². The Morgan fingerprint density at radius 1 is 1.14 bits per heavy atom. The molecule has 2 rings (SSSR count). The zero-order valence-corrected chi connectivity index (χ0v) is 17.7. The monoisotopic (exact) mass is 385 g/mol. The van der Waals surface area contributed by atoms with E-state index in [9.17, 15) is 9.59 Å². The van der Waals surface area contributed by atoms with Crippen molar-refractivity contribution >= 4 is 17.6 Å². The number of hydrogen-bond acceptors (Lipinski definition) is 4. The summed E-state index contributed by atoms with van der Waals surface area (Å²) < 4.78 is 7.32. The Morgan fingerprint density at radius 2 is 1.82 bits per heavy atom. The van der Waals surface area contributed by atoms with Crippen LogP contribution in [-0.2, 0) is 27.3 Å². The molecule has 0 radical (unpaired) electrons. The van der Waals surface area contributed by atoms with E-state index < -0.39 is 6.10 Å². The highest BCUT2D eigenvalue weighted by molar-refractivity contribution is 5.95. The summed E-state index contributed by atoms with van der Waals surface area (Å²) in [6, 6.07) is 7.49. The third-order valence-corrected chi connectivity index (χ3v) is 4.73. The van der Waals surface area contributed by atoms with Gasteiger partial charge in [-0.05, 0) is 57.2 Å². The first-order chi connectivity index (χ1) is 13.2. The Hall–Kier alpha value is -2.63. The Morgan fingerprint density at radius 3 is 2.46 bits per heavy atom. The summed E-state index contributed by atoms with van der Waals surface area (Å²) in [5.74, 6) is -0.217. The molecule has 0 aliphatic carbocycles. The molecule has 6 nitrogen and oxygen atoms in total. The van der Waals surface area contributed by atoms with E-state index in [1.54, 1.807) is 6.92 Å². The van der Waals surface area contributed by atoms with Gasteiger partial charge >= 0.3 is 5.97 Å². The Labute approximate surface area is 167 Å². The first kappa shape index (κ1) is 21.7. The number of para-hydroxylation sites is 1. The van der Waals surface area contributed by atoms with Crippen molar-refractivity contribution in [3.8, 4) is 0 Å². The molecule has 0 aliphatic heterocycles. The minimum atomic E-state index is -0.849. The first-order valence-electron chi connectivity index (χ1n) is 9.77. The maximum Gasteiger partial charge on any atom is 0.306 e. The molecule has 0 bridgehead atoms. The Bertz CT molecular complexity index is 840. The third-order valence-electron chi connectivity index (χ3n) is 4.73. The van der Waals surface area contributed by atoms with Crippen LogP contribution in [0.4, 0.5) is 5.69 Å². The lowest BCUT2D eigenvalue weighted by Gasteiger charge is -2.14. The van der Waals surface area contributed by atoms with Gasteiger partial charge in [0.1, 0.15) is 0 Å². The van der Waals surface area contributed by atoms with Gasteiger partial charge < -0.3 is 10.1 Å². The van der Waals surface area contributed by atoms with Crippen LogP contribution in [0.1, 0.15) is 49.7 Å². The number of nitrogens with one attached hydrogen (secondary N) is 1. The van der Waals surface area contributed by atoms with E-state index in [4.69, 9.17) is 4.74 Å². The molecule has 0 saturated carbocycles. The molecule has 6 heteroatoms. The van der Waals surface area contributed by atoms with Crippen LogP contribution < -0.4 is 5.32 Å². The van der Waals surface area contributed by atoms with Crippen LogP contribution in [0.2, 0.25) is 0 Å². The van der Waals surface area contributed by atoms with E-state index in [1.807, 2.05) is 49.7 Å². The van der Waals surface area contributed by atoms with Crippen molar-refractivity contribution in [3.63, 3.8) is 0 Å². The van der Waals surface area contributed by atoms with Gasteiger partial charge in [0, 0.05) is 24.3 Å². The normalized spacial score (nSPS) is 12.1. The Kier molecular flexibility index (Phi) is 7.38. The molecule has 0 spiro atoms. The zero-order valence-electron chi connectivity index (χ0n) is 17.7. The number of benzene rings is 1. The summed E-state index contributed by atoms with van der Waals surface area (Å²) in [6.07, 6.45) is -0.0735. The van der Waals surface area contributed by atoms with Gasteiger partial charge in [-0.1, -0.05) is 32.0 Å². The number of carbonyl (C=O) groups excluding carboxylic acids is 2. The second-order valence-electron chi connectivity index (χ2n) is 7.66. The summed E-state index contributed by atoms with van der Waals surface area (Å²) in [7, 11) is 0. The van der Waals surface area contributed by atoms with Crippen molar-refractivity contribution in [1.82, 2.24) is 9.78 Å². The zero-order chi connectivity index (χ0) is 20.8. The van der Waals surface area contributed by atoms with Gasteiger partial charge in [0.2, 0.25) is 0 Å². The van der Waals surface area contributed by atoms with Crippen LogP contribution in [0.25, 0.3) is 0 Å². The molecule has 0 aliphatic rings. The number of aromatic nitrogens is 2. The maximum absolute atomic E-state index is 12.3. The lowest BCUT2D eigenvalue weighted by molar-refractivity contribution is -0.153. The lowest BCUT2D eigenvalue weighted by Crippen LogP contribution is -2.30. The molecule has 1 aromatic heterocycles. The molecule has 28 heavy (non-hydrogen) atoms. The molecule has 1 N–H and O–H groups in total. The lowest BCUT2D eigenvalue weighted by atomic mass is 10.1. The van der Waals surface area contributed by atoms with Crippen LogP contribution in [-0.4, -0.2) is 27.8 Å². The highest BCUT2D eigenvalue weighted by atomic mass is 16.5. The van der Waals surface area contributed by atoms with Gasteiger partial charge in [-0.15, -0.1) is 0 Å². The van der Waals surface area contributed by atoms with Crippen LogP contribution in [0.5, 0.6) is 0 Å². The molecule has 152 valence electrons. The number of amides is 1. The van der Waals surface area contributed by atoms with Crippen LogP contribution in [0, 0.1) is 26.7 Å². The van der Waals surface area contributed by atoms with Crippen molar-refractivity contribution in [2.45, 2.75) is 67.0 Å². The molecule has 1 atom stereocenters. The molecule has 0 saturated heterocycles. The molecule has 1 heterocycles. The molecule has 1 amide bonds. The summed E-state index contributed by atoms with van der Waals surface area (Å²) >= 11 is 0. The van der Waals surface area contributed by atoms with Crippen molar-refractivity contribution in [2.24, 2.45) is 5.92 Å². The highest BCUT2D eigenvalue weighted by Gasteiger charge is 2.20. The summed E-state index contributed by atoms with van der Waals surface area (Å²) in [4.78, 5) is 24.5. The van der Waals surface area contributed by atoms with E-state index in [0.29, 0.717) is 12.3 Å². The van der Waals surface area contributed by atoms with E-state index >= 15 is 0 Å². The predicted molar refractivity (Wildman–Crippen MR) is 110 cm³/mol. The summed E-state index contributed by atoms with van der Waals surface area (Å²) in [5.41, 5.74) is 4.79. The van der Waals surface area contributed by atoms with Gasteiger partial charge in [-0.3, -0.25) is 14.3 Å². The Balaban J connectivity index is 1.89. The number of hydrogen-bond donors (Lipinski definition) is 1. The molecule has 0 fully saturated rings. The van der Waals surface area contributed by atoms with E-state index in [0.717, 1.165) is 34.7 Å². The first-order valence-corrected chi connectivity index (χ1v) is 9.77. The van der Waals surface area contributed by atoms with Crippen LogP contribution in [0.15, 0.2) is 24.3 Å². The van der Waals surface area contributed by atoms with Crippen molar-refractivity contribution in [2.75, 3.05) is 5.32 Å². The van der Waals surface area contributed by atoms with Gasteiger partial charge in [0.25, 0.3) is 5.91 Å². The fourth-order valence-electron chi connectivity index (χ4n) is 3.10. The number of aryl methyl sites for hydroxylation is 2. The fraction of sp³-hybridized carbons (Fsp3) is 0.500. The van der Waals surface area contributed by atoms with Crippen LogP contribution in [0.3, 0.4) is 0 Å². The molecular formula is C22H31N3O3. The van der Waals surface area contributed by atoms with Crippen molar-refractivity contribution in [3.05, 3.63) is 46.8 Å². The number of esters is 1. The average Bonchev–Trinajstić information content (AvgIpc) is 2.87. The number of anilines is 1.